The number of piperidine rings is 1. The van der Waals surface area contributed by atoms with Crippen molar-refractivity contribution < 1.29 is 57.3 Å². The van der Waals surface area contributed by atoms with Gasteiger partial charge in [0, 0.05) is 184 Å². The summed E-state index contributed by atoms with van der Waals surface area (Å²) in [6.45, 7) is 17.5. The van der Waals surface area contributed by atoms with Crippen molar-refractivity contribution in [3.8, 4) is 0 Å². The van der Waals surface area contributed by atoms with Crippen LogP contribution in [0.5, 0.6) is 0 Å². The minimum atomic E-state index is -0.407. The number of pyridine rings is 4. The molecule has 0 unspecified atom stereocenters. The Morgan fingerprint density at radius 2 is 0.534 bits per heavy atom. The first-order valence-electron chi connectivity index (χ1n) is 48.6. The summed E-state index contributed by atoms with van der Waals surface area (Å²) in [6.07, 6.45) is 11.4. The van der Waals surface area contributed by atoms with E-state index in [2.05, 4.69) is 96.9 Å². The van der Waals surface area contributed by atoms with Crippen LogP contribution >= 0.6 is 46.4 Å². The maximum atomic E-state index is 13.3. The van der Waals surface area contributed by atoms with Gasteiger partial charge in [0.25, 0.3) is 47.3 Å². The summed E-state index contributed by atoms with van der Waals surface area (Å²) in [4.78, 5) is 141. The second-order valence-corrected chi connectivity index (χ2v) is 37.1. The number of carbonyl (C=O) groups is 8. The molecular weight excluding hydrogens is 1970 g/mol. The number of ether oxygens (including phenoxy) is 4. The molecule has 0 bridgehead atoms. The quantitative estimate of drug-likeness (QED) is 0.0198. The van der Waals surface area contributed by atoms with E-state index in [1.54, 1.807) is 189 Å². The van der Waals surface area contributed by atoms with Crippen molar-refractivity contribution in [1.82, 2.24) is 34.6 Å². The zero-order chi connectivity index (χ0) is 104. The Hall–Kier alpha value is -15.6. The van der Waals surface area contributed by atoms with Crippen molar-refractivity contribution in [1.29, 1.82) is 16.2 Å². The van der Waals surface area contributed by atoms with Gasteiger partial charge in [-0.2, -0.15) is 0 Å². The number of anilines is 12. The fraction of sp³-hybridized carbons (Fsp3) is 0.266. The van der Waals surface area contributed by atoms with Crippen LogP contribution in [0.1, 0.15) is 144 Å². The fourth-order valence-electron chi connectivity index (χ4n) is 17.2. The van der Waals surface area contributed by atoms with E-state index >= 15 is 0 Å². The van der Waals surface area contributed by atoms with Crippen LogP contribution in [0.25, 0.3) is 0 Å². The molecule has 0 aliphatic carbocycles. The summed E-state index contributed by atoms with van der Waals surface area (Å²) in [5.41, 5.74) is 11.7. The molecule has 762 valence electrons. The number of aliphatic imine (C=N–C) groups is 1. The van der Waals surface area contributed by atoms with Gasteiger partial charge in [0.15, 0.2) is 0 Å². The first kappa shape index (κ1) is 105. The molecule has 7 aliphatic heterocycles. The smallest absolute Gasteiger partial charge is 0.259 e. The third kappa shape index (κ3) is 28.4. The SMILES string of the molecule is CC(=N)c1ccc(C(=O)Nc2ccc(N3CCOCC3)cc2C(=O)Nc2ccc(Cl)cn2)cc1.CN1CCN=C1c1ccc(C(=O)Nc2ccc(N3CCOCC3)cc2C(=O)Nc2ccc(Cl)cn2)cc1.N=C(c1ccc(C(=O)Nc2ccc(N3CCOCC3)cc2C(=O)Nc2ccc(Cl)cn2)cc1)N1CCCC1.N=C(c1ccc(C(=O)Nc2ccc(N3CCOCC3)cc2C(=O)Nc2ccc(Cl)cn2)cc1)N1CCCCC1. The van der Waals surface area contributed by atoms with Gasteiger partial charge < -0.3 is 101 Å². The van der Waals surface area contributed by atoms with Gasteiger partial charge in [-0.05, 0) is 214 Å². The number of rotatable bonds is 24. The van der Waals surface area contributed by atoms with Gasteiger partial charge in [0.1, 0.15) is 40.8 Å². The normalized spacial score (nSPS) is 14.9. The van der Waals surface area contributed by atoms with Crippen molar-refractivity contribution in [3.05, 3.63) is 330 Å². The van der Waals surface area contributed by atoms with Gasteiger partial charge >= 0.3 is 0 Å². The highest BCUT2D eigenvalue weighted by molar-refractivity contribution is 6.32. The lowest BCUT2D eigenvalue weighted by molar-refractivity contribution is 0.101. The summed E-state index contributed by atoms with van der Waals surface area (Å²) in [5, 5.41) is 49.2. The Morgan fingerprint density at radius 1 is 0.284 bits per heavy atom. The number of likely N-dealkylation sites (N-methyl/N-ethyl adjacent to an activating group) is 1. The summed E-state index contributed by atoms with van der Waals surface area (Å²) >= 11 is 23.7. The van der Waals surface area contributed by atoms with Crippen LogP contribution < -0.4 is 62.1 Å². The zero-order valence-corrected chi connectivity index (χ0v) is 84.5. The molecule has 35 nitrogen and oxygen atoms in total. The minimum Gasteiger partial charge on any atom is -0.378 e. The Labute approximate surface area is 876 Å². The molecule has 8 aromatic carbocycles. The van der Waals surface area contributed by atoms with E-state index < -0.39 is 23.6 Å². The number of nitrogens with zero attached hydrogens (tertiary/aromatic N) is 12. The van der Waals surface area contributed by atoms with Crippen molar-refractivity contribution in [2.45, 2.75) is 39.0 Å². The number of amidine groups is 3. The molecule has 6 saturated heterocycles. The molecule has 12 aromatic rings. The lowest BCUT2D eigenvalue weighted by atomic mass is 10.1. The lowest BCUT2D eigenvalue weighted by Crippen LogP contribution is -2.36. The van der Waals surface area contributed by atoms with Gasteiger partial charge in [-0.3, -0.25) is 54.2 Å². The molecule has 19 rings (SSSR count). The molecule has 4 aromatic heterocycles. The summed E-state index contributed by atoms with van der Waals surface area (Å²) in [5.74, 6) is 0.324. The third-order valence-corrected chi connectivity index (χ3v) is 26.2. The summed E-state index contributed by atoms with van der Waals surface area (Å²) in [6, 6.07) is 62.7. The molecule has 11 heterocycles. The standard InChI is InChI=1S/C29H31ClN6O3.C28H29ClN6O3.C27H27ClN6O3.C25H24ClN5O3/c30-22-8-11-26(32-19-22)34-29(38)24-18-23(35-14-16-39-17-15-35)9-10-25(24)33-28(37)21-6-4-20(5-7-21)27(31)36-12-2-1-3-13-36;29-21-7-10-25(31-18-21)33-28(37)23-17-22(34-13-15-38-16-14-34)8-9-24(23)32-27(36)20-5-3-19(4-6-20)26(30)35-11-1-2-12-35;1-33-11-10-29-25(33)18-2-4-19(5-3-18)26(35)31-23-8-7-21(34-12-14-37-15-13-34)16-22(23)27(36)32-24-9-6-20(28)17-30-24;1-16(27)17-2-4-18(5-3-17)24(32)29-22-8-7-20(31-10-12-34-13-11-31)14-21(22)25(33)30-23-9-6-19(26)15-28-23/h4-11,18-19,31H,1-3,12-17H2,(H,33,37)(H,32,34,38);3-10,17-18,30H,1-2,11-16H2,(H,32,36)(H,31,33,37);2-9,16-17H,10-15H2,1H3,(H,31,35)(H,30,32,36);2-9,14-15,27H,10-13H2,1H3,(H,29,32)(H,28,30,33). The molecule has 6 fully saturated rings. The predicted molar refractivity (Wildman–Crippen MR) is 581 cm³/mol. The number of amides is 8. The van der Waals surface area contributed by atoms with Crippen LogP contribution in [0.3, 0.4) is 0 Å². The Balaban J connectivity index is 0.000000141. The maximum Gasteiger partial charge on any atom is 0.259 e. The monoisotopic (exact) mass is 2070 g/mol. The maximum absolute atomic E-state index is 13.3. The lowest BCUT2D eigenvalue weighted by Gasteiger charge is -2.29. The highest BCUT2D eigenvalue weighted by Crippen LogP contribution is 2.34. The van der Waals surface area contributed by atoms with Crippen LogP contribution in [-0.4, -0.2) is 257 Å². The number of hydrogen-bond acceptors (Lipinski definition) is 25. The molecule has 0 atom stereocenters. The molecule has 7 aliphatic rings. The molecular formula is C109H111Cl4N23O12. The van der Waals surface area contributed by atoms with Gasteiger partial charge in [0.2, 0.25) is 0 Å². The predicted octanol–water partition coefficient (Wildman–Crippen LogP) is 17.6. The number of carbonyl (C=O) groups excluding carboxylic acids is 8. The molecule has 0 spiro atoms. The number of aromatic nitrogens is 4. The molecule has 148 heavy (non-hydrogen) atoms. The van der Waals surface area contributed by atoms with E-state index in [1.165, 1.54) is 31.2 Å². The first-order chi connectivity index (χ1) is 71.8. The number of morpholine rings is 4. The van der Waals surface area contributed by atoms with Crippen LogP contribution in [-0.2, 0) is 18.9 Å². The van der Waals surface area contributed by atoms with E-state index in [9.17, 15) is 38.4 Å². The largest absolute Gasteiger partial charge is 0.378 e. The van der Waals surface area contributed by atoms with Gasteiger partial charge in [0.05, 0.1) is 124 Å². The Kier molecular flexibility index (Phi) is 36.2. The van der Waals surface area contributed by atoms with E-state index in [4.69, 9.17) is 81.6 Å². The fourth-order valence-corrected chi connectivity index (χ4v) is 17.6. The average Bonchev–Trinajstić information content (AvgIpc) is 0.987. The van der Waals surface area contributed by atoms with E-state index in [0.29, 0.717) is 220 Å². The number of benzene rings is 8. The van der Waals surface area contributed by atoms with Gasteiger partial charge in [-0.15, -0.1) is 0 Å². The molecule has 0 radical (unpaired) electrons. The van der Waals surface area contributed by atoms with E-state index in [1.807, 2.05) is 48.3 Å². The first-order valence-corrected chi connectivity index (χ1v) is 50.1. The van der Waals surface area contributed by atoms with Gasteiger partial charge in [-0.25, -0.2) is 19.9 Å². The number of nitrogens with one attached hydrogen (secondary N) is 11. The van der Waals surface area contributed by atoms with Crippen molar-refractivity contribution in [2.75, 3.05) is 214 Å². The molecule has 8 amide bonds. The van der Waals surface area contributed by atoms with Gasteiger partial charge in [-0.1, -0.05) is 94.9 Å². The van der Waals surface area contributed by atoms with Crippen molar-refractivity contribution >= 4 is 186 Å². The van der Waals surface area contributed by atoms with Crippen LogP contribution in [0.15, 0.2) is 248 Å². The summed E-state index contributed by atoms with van der Waals surface area (Å²) in [7, 11) is 2.00. The van der Waals surface area contributed by atoms with Crippen LogP contribution in [0.2, 0.25) is 20.1 Å². The Bertz CT molecular complexity index is 6810. The minimum absolute atomic E-state index is 0.307. The topological polar surface area (TPSA) is 428 Å². The third-order valence-electron chi connectivity index (χ3n) is 25.3. The second-order valence-electron chi connectivity index (χ2n) is 35.4. The Morgan fingerprint density at radius 3 is 0.777 bits per heavy atom. The highest BCUT2D eigenvalue weighted by Gasteiger charge is 2.29. The number of likely N-dealkylation sites (tertiary alicyclic amines) is 2. The molecule has 39 heteroatoms. The average molecular weight is 2080 g/mol. The van der Waals surface area contributed by atoms with Crippen LogP contribution in [0, 0.1) is 16.2 Å². The highest BCUT2D eigenvalue weighted by atomic mass is 35.5. The van der Waals surface area contributed by atoms with E-state index in [-0.39, 0.29) is 23.6 Å². The van der Waals surface area contributed by atoms with Crippen LogP contribution in [0.4, 0.5) is 68.8 Å². The number of halogens is 4. The zero-order valence-electron chi connectivity index (χ0n) is 81.5. The van der Waals surface area contributed by atoms with Crippen molar-refractivity contribution in [3.63, 3.8) is 0 Å². The second kappa shape index (κ2) is 51.0. The molecule has 0 saturated carbocycles. The summed E-state index contributed by atoms with van der Waals surface area (Å²) < 4.78 is 21.8. The van der Waals surface area contributed by atoms with Crippen molar-refractivity contribution in [2.24, 2.45) is 4.99 Å². The number of hydrogen-bond donors (Lipinski definition) is 11. The van der Waals surface area contributed by atoms with E-state index in [0.717, 1.165) is 129 Å². The molecule has 11 N–H and O–H groups in total.